The van der Waals surface area contributed by atoms with Gasteiger partial charge in [-0.2, -0.15) is 0 Å². The fourth-order valence-corrected chi connectivity index (χ4v) is 2.72. The molecule has 92 valence electrons. The molecule has 0 aromatic carbocycles. The van der Waals surface area contributed by atoms with Gasteiger partial charge in [0.15, 0.2) is 0 Å². The predicted octanol–water partition coefficient (Wildman–Crippen LogP) is 0.150. The summed E-state index contributed by atoms with van der Waals surface area (Å²) in [4.78, 5) is 16.2. The summed E-state index contributed by atoms with van der Waals surface area (Å²) >= 11 is 0. The standard InChI is InChI=1S/C12H23N3O/c1-2-5-15-10-11(8-12(15)16)9-14-6-3-13-4-7-14/h11,13H,2-10H2,1H3. The van der Waals surface area contributed by atoms with Crippen LogP contribution in [-0.2, 0) is 4.79 Å². The molecule has 0 aliphatic carbocycles. The van der Waals surface area contributed by atoms with Gasteiger partial charge in [-0.05, 0) is 12.3 Å². The highest BCUT2D eigenvalue weighted by Crippen LogP contribution is 2.19. The van der Waals surface area contributed by atoms with Crippen LogP contribution in [-0.4, -0.2) is 61.5 Å². The maximum absolute atomic E-state index is 11.7. The monoisotopic (exact) mass is 225 g/mol. The van der Waals surface area contributed by atoms with Crippen LogP contribution in [0.25, 0.3) is 0 Å². The molecule has 1 atom stereocenters. The van der Waals surface area contributed by atoms with Crippen molar-refractivity contribution in [3.8, 4) is 0 Å². The number of hydrogen-bond donors (Lipinski definition) is 1. The third-order valence-electron chi connectivity index (χ3n) is 3.51. The van der Waals surface area contributed by atoms with Crippen LogP contribution >= 0.6 is 0 Å². The lowest BCUT2D eigenvalue weighted by Gasteiger charge is -2.29. The van der Waals surface area contributed by atoms with Gasteiger partial charge < -0.3 is 15.1 Å². The van der Waals surface area contributed by atoms with Gasteiger partial charge in [0, 0.05) is 52.2 Å². The lowest BCUT2D eigenvalue weighted by Crippen LogP contribution is -2.45. The van der Waals surface area contributed by atoms with Crippen molar-refractivity contribution in [3.05, 3.63) is 0 Å². The largest absolute Gasteiger partial charge is 0.342 e. The number of nitrogens with zero attached hydrogens (tertiary/aromatic N) is 2. The first kappa shape index (κ1) is 11.9. The molecule has 0 saturated carbocycles. The molecule has 2 saturated heterocycles. The van der Waals surface area contributed by atoms with Crippen molar-refractivity contribution >= 4 is 5.91 Å². The Morgan fingerprint density at radius 3 is 2.81 bits per heavy atom. The van der Waals surface area contributed by atoms with Crippen molar-refractivity contribution in [3.63, 3.8) is 0 Å². The molecule has 4 heteroatoms. The van der Waals surface area contributed by atoms with Gasteiger partial charge in [0.1, 0.15) is 0 Å². The molecular formula is C12H23N3O. The van der Waals surface area contributed by atoms with Crippen LogP contribution in [0.2, 0.25) is 0 Å². The summed E-state index contributed by atoms with van der Waals surface area (Å²) < 4.78 is 0. The first-order valence-electron chi connectivity index (χ1n) is 6.50. The van der Waals surface area contributed by atoms with E-state index in [4.69, 9.17) is 0 Å². The van der Waals surface area contributed by atoms with Gasteiger partial charge in [-0.25, -0.2) is 0 Å². The van der Waals surface area contributed by atoms with Gasteiger partial charge in [0.25, 0.3) is 0 Å². The zero-order chi connectivity index (χ0) is 11.4. The molecule has 2 aliphatic rings. The van der Waals surface area contributed by atoms with Crippen molar-refractivity contribution < 1.29 is 4.79 Å². The maximum Gasteiger partial charge on any atom is 0.222 e. The van der Waals surface area contributed by atoms with E-state index in [-0.39, 0.29) is 0 Å². The van der Waals surface area contributed by atoms with Crippen molar-refractivity contribution in [2.75, 3.05) is 45.8 Å². The maximum atomic E-state index is 11.7. The summed E-state index contributed by atoms with van der Waals surface area (Å²) in [5, 5.41) is 3.36. The van der Waals surface area contributed by atoms with Crippen LogP contribution in [0.3, 0.4) is 0 Å². The normalized spacial score (nSPS) is 27.7. The van der Waals surface area contributed by atoms with Crippen LogP contribution in [0, 0.1) is 5.92 Å². The summed E-state index contributed by atoms with van der Waals surface area (Å²) in [5.41, 5.74) is 0. The van der Waals surface area contributed by atoms with E-state index in [1.54, 1.807) is 0 Å². The third kappa shape index (κ3) is 2.95. The van der Waals surface area contributed by atoms with E-state index in [0.29, 0.717) is 11.8 Å². The second kappa shape index (κ2) is 5.64. The average molecular weight is 225 g/mol. The lowest BCUT2D eigenvalue weighted by molar-refractivity contribution is -0.127. The molecule has 2 fully saturated rings. The van der Waals surface area contributed by atoms with Crippen molar-refractivity contribution in [1.29, 1.82) is 0 Å². The van der Waals surface area contributed by atoms with E-state index in [1.165, 1.54) is 0 Å². The Labute approximate surface area is 98.0 Å². The molecule has 1 amide bonds. The fraction of sp³-hybridized carbons (Fsp3) is 0.917. The summed E-state index contributed by atoms with van der Waals surface area (Å²) in [7, 11) is 0. The SMILES string of the molecule is CCCN1CC(CN2CCNCC2)CC1=O. The zero-order valence-electron chi connectivity index (χ0n) is 10.2. The van der Waals surface area contributed by atoms with Gasteiger partial charge in [0.2, 0.25) is 5.91 Å². The van der Waals surface area contributed by atoms with Gasteiger partial charge in [0.05, 0.1) is 0 Å². The number of rotatable bonds is 4. The van der Waals surface area contributed by atoms with Crippen LogP contribution in [0.1, 0.15) is 19.8 Å². The van der Waals surface area contributed by atoms with Crippen LogP contribution in [0.15, 0.2) is 0 Å². The Bertz CT molecular complexity index is 238. The Balaban J connectivity index is 1.76. The summed E-state index contributed by atoms with van der Waals surface area (Å²) in [6.07, 6.45) is 1.84. The summed E-state index contributed by atoms with van der Waals surface area (Å²) in [5.74, 6) is 0.930. The first-order valence-corrected chi connectivity index (χ1v) is 6.50. The second-order valence-corrected chi connectivity index (χ2v) is 4.96. The number of piperazine rings is 1. The molecule has 0 aromatic heterocycles. The lowest BCUT2D eigenvalue weighted by atomic mass is 10.1. The molecule has 0 spiro atoms. The molecular weight excluding hydrogens is 202 g/mol. The Kier molecular flexibility index (Phi) is 4.18. The highest BCUT2D eigenvalue weighted by atomic mass is 16.2. The van der Waals surface area contributed by atoms with Gasteiger partial charge in [-0.1, -0.05) is 6.92 Å². The number of carbonyl (C=O) groups excluding carboxylic acids is 1. The minimum Gasteiger partial charge on any atom is -0.342 e. The van der Waals surface area contributed by atoms with E-state index in [9.17, 15) is 4.79 Å². The zero-order valence-corrected chi connectivity index (χ0v) is 10.2. The van der Waals surface area contributed by atoms with Gasteiger partial charge >= 0.3 is 0 Å². The number of hydrogen-bond acceptors (Lipinski definition) is 3. The van der Waals surface area contributed by atoms with E-state index in [0.717, 1.165) is 58.7 Å². The predicted molar refractivity (Wildman–Crippen MR) is 64.3 cm³/mol. The van der Waals surface area contributed by atoms with E-state index < -0.39 is 0 Å². The number of amides is 1. The molecule has 2 rings (SSSR count). The number of carbonyl (C=O) groups is 1. The molecule has 1 unspecified atom stereocenters. The van der Waals surface area contributed by atoms with E-state index in [1.807, 2.05) is 4.90 Å². The summed E-state index contributed by atoms with van der Waals surface area (Å²) in [6, 6.07) is 0. The molecule has 2 heterocycles. The molecule has 4 nitrogen and oxygen atoms in total. The Morgan fingerprint density at radius 2 is 2.12 bits per heavy atom. The van der Waals surface area contributed by atoms with Gasteiger partial charge in [-0.3, -0.25) is 4.79 Å². The molecule has 0 bridgehead atoms. The Morgan fingerprint density at radius 1 is 1.38 bits per heavy atom. The smallest absolute Gasteiger partial charge is 0.222 e. The molecule has 2 aliphatic heterocycles. The van der Waals surface area contributed by atoms with Crippen molar-refractivity contribution in [2.45, 2.75) is 19.8 Å². The highest BCUT2D eigenvalue weighted by molar-refractivity contribution is 5.78. The van der Waals surface area contributed by atoms with Crippen LogP contribution in [0.5, 0.6) is 0 Å². The van der Waals surface area contributed by atoms with Crippen molar-refractivity contribution in [1.82, 2.24) is 15.1 Å². The number of likely N-dealkylation sites (tertiary alicyclic amines) is 1. The van der Waals surface area contributed by atoms with Gasteiger partial charge in [-0.15, -0.1) is 0 Å². The number of nitrogens with one attached hydrogen (secondary N) is 1. The molecule has 1 N–H and O–H groups in total. The van der Waals surface area contributed by atoms with E-state index in [2.05, 4.69) is 17.1 Å². The molecule has 16 heavy (non-hydrogen) atoms. The minimum atomic E-state index is 0.363. The molecule has 0 aromatic rings. The summed E-state index contributed by atoms with van der Waals surface area (Å²) in [6.45, 7) is 9.63. The van der Waals surface area contributed by atoms with Crippen LogP contribution < -0.4 is 5.32 Å². The third-order valence-corrected chi connectivity index (χ3v) is 3.51. The Hall–Kier alpha value is -0.610. The van der Waals surface area contributed by atoms with Crippen LogP contribution in [0.4, 0.5) is 0 Å². The quantitative estimate of drug-likeness (QED) is 0.740. The highest BCUT2D eigenvalue weighted by Gasteiger charge is 2.30. The molecule has 0 radical (unpaired) electrons. The average Bonchev–Trinajstić information content (AvgIpc) is 2.61. The fourth-order valence-electron chi connectivity index (χ4n) is 2.72. The second-order valence-electron chi connectivity index (χ2n) is 4.96. The van der Waals surface area contributed by atoms with E-state index >= 15 is 0 Å². The van der Waals surface area contributed by atoms with Crippen molar-refractivity contribution in [2.24, 2.45) is 5.92 Å². The minimum absolute atomic E-state index is 0.363. The topological polar surface area (TPSA) is 35.6 Å². The first-order chi connectivity index (χ1) is 7.79.